The fourth-order valence-corrected chi connectivity index (χ4v) is 4.92. The van der Waals surface area contributed by atoms with Crippen LogP contribution in [0.2, 0.25) is 0 Å². The summed E-state index contributed by atoms with van der Waals surface area (Å²) in [6.45, 7) is 1.65. The number of halogens is 2. The first-order valence-corrected chi connectivity index (χ1v) is 10.4. The maximum absolute atomic E-state index is 14.0. The number of aromatic hydroxyl groups is 1. The Kier molecular flexibility index (Phi) is 4.77. The Hall–Kier alpha value is -3.27. The lowest BCUT2D eigenvalue weighted by molar-refractivity contribution is -0.132. The van der Waals surface area contributed by atoms with E-state index >= 15 is 0 Å². The van der Waals surface area contributed by atoms with Gasteiger partial charge in [0.05, 0.1) is 18.7 Å². The lowest BCUT2D eigenvalue weighted by Crippen LogP contribution is -2.57. The van der Waals surface area contributed by atoms with Gasteiger partial charge in [0.15, 0.2) is 17.7 Å². The van der Waals surface area contributed by atoms with Crippen molar-refractivity contribution in [2.45, 2.75) is 57.1 Å². The lowest BCUT2D eigenvalue weighted by Gasteiger charge is -2.44. The van der Waals surface area contributed by atoms with Crippen LogP contribution in [0.3, 0.4) is 0 Å². The van der Waals surface area contributed by atoms with Crippen molar-refractivity contribution in [3.63, 3.8) is 0 Å². The highest BCUT2D eigenvalue weighted by Gasteiger charge is 2.47. The van der Waals surface area contributed by atoms with E-state index in [1.807, 2.05) is 0 Å². The van der Waals surface area contributed by atoms with Crippen molar-refractivity contribution in [1.29, 1.82) is 0 Å². The summed E-state index contributed by atoms with van der Waals surface area (Å²) in [5.74, 6) is -3.75. The third-order valence-corrected chi connectivity index (χ3v) is 6.48. The minimum Gasteiger partial charge on any atom is -0.503 e. The molecular formula is C22H21F2N3O5. The van der Waals surface area contributed by atoms with Gasteiger partial charge in [-0.25, -0.2) is 8.78 Å². The molecule has 1 unspecified atom stereocenters. The maximum Gasteiger partial charge on any atom is 0.276 e. The molecule has 32 heavy (non-hydrogen) atoms. The van der Waals surface area contributed by atoms with Crippen LogP contribution in [0.25, 0.3) is 0 Å². The van der Waals surface area contributed by atoms with Gasteiger partial charge in [0.1, 0.15) is 17.2 Å². The highest BCUT2D eigenvalue weighted by Crippen LogP contribution is 2.38. The van der Waals surface area contributed by atoms with Gasteiger partial charge < -0.3 is 24.6 Å². The highest BCUT2D eigenvalue weighted by molar-refractivity contribution is 5.99. The number of carbonyl (C=O) groups excluding carboxylic acids is 2. The van der Waals surface area contributed by atoms with Gasteiger partial charge in [-0.1, -0.05) is 6.07 Å². The number of aromatic nitrogens is 1. The normalized spacial score (nSPS) is 24.7. The average molecular weight is 445 g/mol. The molecule has 2 fully saturated rings. The molecule has 10 heteroatoms. The number of pyridine rings is 1. The maximum atomic E-state index is 14.0. The van der Waals surface area contributed by atoms with Gasteiger partial charge in [0, 0.05) is 23.9 Å². The summed E-state index contributed by atoms with van der Waals surface area (Å²) in [4.78, 5) is 40.2. The standard InChI is InChI=1S/C22H21F2N3O5/c1-10(14-5-2-11(23)6-16(14)24)25-21(30)15-8-26-9-17-27(12-3-4-13(7-12)32-17)22(31)18(26)20(29)19(15)28/h2,5-6,8,10,12-13,17,29H,3-4,7,9H2,1H3,(H,25,30)/t10-,12?,13-,17-/m1/s1. The number of hydrogen-bond donors (Lipinski definition) is 2. The number of rotatable bonds is 3. The van der Waals surface area contributed by atoms with Gasteiger partial charge in [-0.15, -0.1) is 0 Å². The van der Waals surface area contributed by atoms with Crippen LogP contribution in [-0.4, -0.2) is 44.8 Å². The van der Waals surface area contributed by atoms with E-state index in [1.54, 1.807) is 4.90 Å². The topological polar surface area (TPSA) is 101 Å². The summed E-state index contributed by atoms with van der Waals surface area (Å²) >= 11 is 0. The van der Waals surface area contributed by atoms with Crippen molar-refractivity contribution >= 4 is 11.8 Å². The smallest absolute Gasteiger partial charge is 0.276 e. The van der Waals surface area contributed by atoms with Crippen molar-refractivity contribution in [1.82, 2.24) is 14.8 Å². The lowest BCUT2D eigenvalue weighted by atomic mass is 10.1. The van der Waals surface area contributed by atoms with Crippen LogP contribution in [-0.2, 0) is 11.3 Å². The number of amides is 2. The Morgan fingerprint density at radius 3 is 2.81 bits per heavy atom. The van der Waals surface area contributed by atoms with Crippen molar-refractivity contribution in [2.75, 3.05) is 0 Å². The fraction of sp³-hybridized carbons (Fsp3) is 0.409. The first kappa shape index (κ1) is 20.6. The van der Waals surface area contributed by atoms with E-state index < -0.39 is 46.9 Å². The molecular weight excluding hydrogens is 424 g/mol. The summed E-state index contributed by atoms with van der Waals surface area (Å²) in [7, 11) is 0. The Bertz CT molecular complexity index is 1200. The molecule has 0 radical (unpaired) electrons. The number of nitrogens with one attached hydrogen (secondary N) is 1. The van der Waals surface area contributed by atoms with Crippen molar-refractivity contribution in [3.8, 4) is 5.75 Å². The SMILES string of the molecule is C[C@@H](NC(=O)c1cn2c(c(O)c1=O)C(=O)N1C3CC[C@H](C3)O[C@@H]1C2)c1ccc(F)cc1F. The molecule has 1 saturated carbocycles. The molecule has 2 aromatic rings. The largest absolute Gasteiger partial charge is 0.503 e. The number of benzene rings is 1. The van der Waals surface area contributed by atoms with Crippen molar-refractivity contribution in [2.24, 2.45) is 0 Å². The molecule has 2 bridgehead atoms. The monoisotopic (exact) mass is 445 g/mol. The third-order valence-electron chi connectivity index (χ3n) is 6.48. The van der Waals surface area contributed by atoms with Gasteiger partial charge in [-0.3, -0.25) is 14.4 Å². The summed E-state index contributed by atoms with van der Waals surface area (Å²) in [6, 6.07) is 2.10. The minimum absolute atomic E-state index is 0.00364. The summed E-state index contributed by atoms with van der Waals surface area (Å²) in [5.41, 5.74) is -1.51. The van der Waals surface area contributed by atoms with Crippen molar-refractivity contribution < 1.29 is 28.2 Å². The molecule has 1 aromatic heterocycles. The second kappa shape index (κ2) is 7.40. The van der Waals surface area contributed by atoms with Crippen LogP contribution in [0.4, 0.5) is 8.78 Å². The molecule has 1 saturated heterocycles. The van der Waals surface area contributed by atoms with Crippen LogP contribution in [0.15, 0.2) is 29.2 Å². The zero-order valence-electron chi connectivity index (χ0n) is 17.2. The Balaban J connectivity index is 1.46. The highest BCUT2D eigenvalue weighted by atomic mass is 19.1. The van der Waals surface area contributed by atoms with Gasteiger partial charge >= 0.3 is 0 Å². The Labute approximate surface area is 181 Å². The number of fused-ring (bicyclic) bond motifs is 5. The summed E-state index contributed by atoms with van der Waals surface area (Å²) < 4.78 is 34.5. The van der Waals surface area contributed by atoms with Gasteiger partial charge in [0.2, 0.25) is 5.43 Å². The molecule has 168 valence electrons. The van der Waals surface area contributed by atoms with E-state index in [2.05, 4.69) is 5.32 Å². The number of carbonyl (C=O) groups is 2. The van der Waals surface area contributed by atoms with Crippen LogP contribution in [0.5, 0.6) is 5.75 Å². The van der Waals surface area contributed by atoms with Crippen LogP contribution in [0.1, 0.15) is 58.6 Å². The van der Waals surface area contributed by atoms with Crippen molar-refractivity contribution in [3.05, 3.63) is 63.1 Å². The molecule has 2 amide bonds. The average Bonchev–Trinajstić information content (AvgIpc) is 3.11. The molecule has 4 atom stereocenters. The van der Waals surface area contributed by atoms with E-state index in [-0.39, 0.29) is 35.5 Å². The van der Waals surface area contributed by atoms with Crippen LogP contribution < -0.4 is 10.7 Å². The molecule has 3 aliphatic rings. The Morgan fingerprint density at radius 1 is 1.28 bits per heavy atom. The number of nitrogens with zero attached hydrogens (tertiary/aromatic N) is 2. The summed E-state index contributed by atoms with van der Waals surface area (Å²) in [5, 5.41) is 13.0. The predicted octanol–water partition coefficient (Wildman–Crippen LogP) is 2.06. The predicted molar refractivity (Wildman–Crippen MR) is 107 cm³/mol. The number of ether oxygens (including phenoxy) is 1. The molecule has 1 aliphatic carbocycles. The zero-order valence-corrected chi connectivity index (χ0v) is 17.2. The molecule has 8 nitrogen and oxygen atoms in total. The Morgan fingerprint density at radius 2 is 2.06 bits per heavy atom. The fourth-order valence-electron chi connectivity index (χ4n) is 4.92. The van der Waals surface area contributed by atoms with Gasteiger partial charge in [-0.2, -0.15) is 0 Å². The van der Waals surface area contributed by atoms with Gasteiger partial charge in [-0.05, 0) is 32.3 Å². The minimum atomic E-state index is -0.991. The van der Waals surface area contributed by atoms with E-state index in [9.17, 15) is 28.3 Å². The first-order valence-electron chi connectivity index (χ1n) is 10.4. The quantitative estimate of drug-likeness (QED) is 0.753. The second-order valence-electron chi connectivity index (χ2n) is 8.47. The second-order valence-corrected chi connectivity index (χ2v) is 8.47. The van der Waals surface area contributed by atoms with Crippen LogP contribution in [0, 0.1) is 11.6 Å². The molecule has 5 rings (SSSR count). The first-order chi connectivity index (χ1) is 15.2. The third kappa shape index (κ3) is 3.17. The van der Waals surface area contributed by atoms with E-state index in [1.165, 1.54) is 23.8 Å². The molecule has 2 aliphatic heterocycles. The molecule has 1 aromatic carbocycles. The van der Waals surface area contributed by atoms with Gasteiger partial charge in [0.25, 0.3) is 11.8 Å². The number of hydrogen-bond acceptors (Lipinski definition) is 5. The van der Waals surface area contributed by atoms with Crippen LogP contribution >= 0.6 is 0 Å². The zero-order chi connectivity index (χ0) is 22.7. The van der Waals surface area contributed by atoms with E-state index in [0.717, 1.165) is 25.3 Å². The molecule has 3 heterocycles. The summed E-state index contributed by atoms with van der Waals surface area (Å²) in [6.07, 6.45) is 3.12. The molecule has 2 N–H and O–H groups in total. The molecule has 0 spiro atoms. The van der Waals surface area contributed by atoms with E-state index in [4.69, 9.17) is 4.74 Å². The van der Waals surface area contributed by atoms with E-state index in [0.29, 0.717) is 6.07 Å².